The van der Waals surface area contributed by atoms with Gasteiger partial charge in [-0.25, -0.2) is 9.78 Å². The molecule has 0 N–H and O–H groups in total. The Morgan fingerprint density at radius 2 is 1.66 bits per heavy atom. The van der Waals surface area contributed by atoms with Crippen LogP contribution in [0.25, 0.3) is 11.0 Å². The number of aromatic nitrogens is 3. The third-order valence-corrected chi connectivity index (χ3v) is 7.29. The summed E-state index contributed by atoms with van der Waals surface area (Å²) in [6, 6.07) is 7.73. The first kappa shape index (κ1) is 27.7. The summed E-state index contributed by atoms with van der Waals surface area (Å²) in [7, 11) is 1.53. The zero-order valence-electron chi connectivity index (χ0n) is 21.5. The first-order chi connectivity index (χ1) is 17.9. The zero-order valence-corrected chi connectivity index (χ0v) is 21.5. The van der Waals surface area contributed by atoms with E-state index in [9.17, 15) is 26.7 Å². The molecule has 0 bridgehead atoms. The van der Waals surface area contributed by atoms with Crippen molar-refractivity contribution in [2.75, 3.05) is 18.0 Å². The average Bonchev–Trinajstić information content (AvgIpc) is 2.88. The molecule has 206 valence electrons. The molecule has 12 heteroatoms. The molecular formula is C26H30F5N5O2. The topological polar surface area (TPSA) is 63.5 Å². The van der Waals surface area contributed by atoms with Gasteiger partial charge < -0.3 is 9.64 Å². The molecule has 1 aliphatic rings. The van der Waals surface area contributed by atoms with Crippen LogP contribution in [-0.4, -0.2) is 51.2 Å². The predicted octanol–water partition coefficient (Wildman–Crippen LogP) is 5.39. The Hall–Kier alpha value is -3.28. The molecule has 4 rings (SSSR count). The van der Waals surface area contributed by atoms with E-state index in [0.29, 0.717) is 30.8 Å². The highest BCUT2D eigenvalue weighted by molar-refractivity contribution is 5.86. The Balaban J connectivity index is 1.70. The van der Waals surface area contributed by atoms with Gasteiger partial charge in [-0.1, -0.05) is 26.0 Å². The Morgan fingerprint density at radius 3 is 2.24 bits per heavy atom. The molecule has 7 nitrogen and oxygen atoms in total. The Bertz CT molecular complexity index is 1330. The average molecular weight is 540 g/mol. The number of hydrogen-bond acceptors (Lipinski definition) is 6. The predicted molar refractivity (Wildman–Crippen MR) is 133 cm³/mol. The van der Waals surface area contributed by atoms with Crippen molar-refractivity contribution in [2.45, 2.75) is 64.5 Å². The summed E-state index contributed by atoms with van der Waals surface area (Å²) in [6.07, 6.45) is -2.99. The maximum Gasteiger partial charge on any atom is 0.416 e. The summed E-state index contributed by atoms with van der Waals surface area (Å²) in [5, 5.41) is 0. The van der Waals surface area contributed by atoms with Crippen LogP contribution in [0.5, 0.6) is 5.88 Å². The first-order valence-electron chi connectivity index (χ1n) is 12.5. The van der Waals surface area contributed by atoms with Crippen molar-refractivity contribution < 1.29 is 26.7 Å². The molecule has 1 fully saturated rings. The number of aryl methyl sites for hydroxylation is 1. The summed E-state index contributed by atoms with van der Waals surface area (Å²) in [6.45, 7) is 3.96. The van der Waals surface area contributed by atoms with Gasteiger partial charge >= 0.3 is 18.5 Å². The van der Waals surface area contributed by atoms with Gasteiger partial charge in [-0.3, -0.25) is 9.47 Å². The lowest BCUT2D eigenvalue weighted by Gasteiger charge is -2.49. The first-order valence-corrected chi connectivity index (χ1v) is 12.5. The molecule has 38 heavy (non-hydrogen) atoms. The number of nitrogens with zero attached hydrogens (tertiary/aromatic N) is 5. The molecule has 1 saturated heterocycles. The number of fused-ring (bicyclic) bond motifs is 1. The van der Waals surface area contributed by atoms with Crippen molar-refractivity contribution in [3.8, 4) is 5.88 Å². The molecule has 0 radical (unpaired) electrons. The van der Waals surface area contributed by atoms with E-state index in [-0.39, 0.29) is 29.5 Å². The molecule has 3 heterocycles. The Kier molecular flexibility index (Phi) is 7.91. The van der Waals surface area contributed by atoms with Crippen LogP contribution in [0.15, 0.2) is 41.2 Å². The van der Waals surface area contributed by atoms with Gasteiger partial charge in [-0.05, 0) is 43.5 Å². The fourth-order valence-electron chi connectivity index (χ4n) is 5.11. The SMILES string of the molecule is CC[C@H]1CN(C(C)c2ccc(C(F)(F)F)cc2)[C@H](CC)CN1c1nc(=O)n(C)c2ccc(OC(F)F)nc12. The van der Waals surface area contributed by atoms with E-state index in [1.165, 1.54) is 35.9 Å². The van der Waals surface area contributed by atoms with Crippen molar-refractivity contribution in [1.82, 2.24) is 19.4 Å². The van der Waals surface area contributed by atoms with Gasteiger partial charge in [0.05, 0.1) is 11.1 Å². The standard InChI is InChI=1S/C26H30F5N5O2/c1-5-18-14-36(23-22-20(34(4)25(37)33-23)11-12-21(32-22)38-24(27)28)19(6-2)13-35(18)15(3)16-7-9-17(10-8-16)26(29,30)31/h7-12,15,18-19,24H,5-6,13-14H2,1-4H3/t15?,18-,19+/m1/s1. The summed E-state index contributed by atoms with van der Waals surface area (Å²) in [5.41, 5.74) is 0.295. The number of pyridine rings is 1. The maximum atomic E-state index is 13.0. The van der Waals surface area contributed by atoms with E-state index in [1.54, 1.807) is 0 Å². The molecule has 3 atom stereocenters. The largest absolute Gasteiger partial charge is 0.417 e. The molecule has 1 aromatic carbocycles. The van der Waals surface area contributed by atoms with Gasteiger partial charge in [-0.2, -0.15) is 26.9 Å². The molecule has 1 unspecified atom stereocenters. The number of rotatable bonds is 7. The molecule has 2 aromatic heterocycles. The van der Waals surface area contributed by atoms with Crippen LogP contribution >= 0.6 is 0 Å². The second-order valence-electron chi connectivity index (χ2n) is 9.44. The number of halogens is 5. The van der Waals surface area contributed by atoms with Crippen LogP contribution in [-0.2, 0) is 13.2 Å². The Morgan fingerprint density at radius 1 is 1.00 bits per heavy atom. The minimum absolute atomic E-state index is 0.0171. The van der Waals surface area contributed by atoms with E-state index in [1.807, 2.05) is 25.7 Å². The van der Waals surface area contributed by atoms with Gasteiger partial charge in [0.1, 0.15) is 5.52 Å². The lowest BCUT2D eigenvalue weighted by molar-refractivity contribution is -0.137. The lowest BCUT2D eigenvalue weighted by Crippen LogP contribution is -2.59. The van der Waals surface area contributed by atoms with Crippen LogP contribution in [0.3, 0.4) is 0 Å². The summed E-state index contributed by atoms with van der Waals surface area (Å²) < 4.78 is 70.7. The summed E-state index contributed by atoms with van der Waals surface area (Å²) in [4.78, 5) is 25.5. The van der Waals surface area contributed by atoms with Gasteiger partial charge in [0.15, 0.2) is 5.82 Å². The minimum atomic E-state index is -4.40. The highest BCUT2D eigenvalue weighted by Gasteiger charge is 2.37. The van der Waals surface area contributed by atoms with E-state index in [0.717, 1.165) is 24.1 Å². The van der Waals surface area contributed by atoms with Gasteiger partial charge in [-0.15, -0.1) is 0 Å². The minimum Gasteiger partial charge on any atom is -0.417 e. The summed E-state index contributed by atoms with van der Waals surface area (Å²) >= 11 is 0. The van der Waals surface area contributed by atoms with Gasteiger partial charge in [0.2, 0.25) is 5.88 Å². The van der Waals surface area contributed by atoms with Gasteiger partial charge in [0, 0.05) is 44.3 Å². The number of benzene rings is 1. The molecule has 0 amide bonds. The summed E-state index contributed by atoms with van der Waals surface area (Å²) in [5.74, 6) is 0.0267. The van der Waals surface area contributed by atoms with E-state index < -0.39 is 24.0 Å². The molecule has 0 spiro atoms. The molecular weight excluding hydrogens is 509 g/mol. The van der Waals surface area contributed by atoms with Crippen LogP contribution < -0.4 is 15.3 Å². The fraction of sp³-hybridized carbons (Fsp3) is 0.500. The van der Waals surface area contributed by atoms with Crippen LogP contribution in [0, 0.1) is 0 Å². The maximum absolute atomic E-state index is 13.0. The highest BCUT2D eigenvalue weighted by Crippen LogP contribution is 2.35. The van der Waals surface area contributed by atoms with Gasteiger partial charge in [0.25, 0.3) is 0 Å². The third kappa shape index (κ3) is 5.45. The number of alkyl halides is 5. The second-order valence-corrected chi connectivity index (χ2v) is 9.44. The van der Waals surface area contributed by atoms with E-state index in [2.05, 4.69) is 19.6 Å². The zero-order chi connectivity index (χ0) is 27.8. The normalized spacial score (nSPS) is 19.8. The van der Waals surface area contributed by atoms with Crippen molar-refractivity contribution in [3.05, 3.63) is 58.0 Å². The van der Waals surface area contributed by atoms with E-state index in [4.69, 9.17) is 0 Å². The Labute approximate surface area is 216 Å². The smallest absolute Gasteiger partial charge is 0.416 e. The van der Waals surface area contributed by atoms with Crippen molar-refractivity contribution in [1.29, 1.82) is 0 Å². The number of ether oxygens (including phenoxy) is 1. The van der Waals surface area contributed by atoms with Crippen LogP contribution in [0.4, 0.5) is 27.8 Å². The van der Waals surface area contributed by atoms with Crippen LogP contribution in [0.2, 0.25) is 0 Å². The monoisotopic (exact) mass is 539 g/mol. The molecule has 1 aliphatic heterocycles. The fourth-order valence-corrected chi connectivity index (χ4v) is 5.11. The number of piperazine rings is 1. The third-order valence-electron chi connectivity index (χ3n) is 7.29. The number of anilines is 1. The second kappa shape index (κ2) is 10.8. The highest BCUT2D eigenvalue weighted by atomic mass is 19.4. The lowest BCUT2D eigenvalue weighted by atomic mass is 9.96. The van der Waals surface area contributed by atoms with Crippen LogP contribution in [0.1, 0.15) is 50.8 Å². The molecule has 0 aliphatic carbocycles. The van der Waals surface area contributed by atoms with Crippen molar-refractivity contribution >= 4 is 16.9 Å². The van der Waals surface area contributed by atoms with Crippen molar-refractivity contribution in [2.24, 2.45) is 7.05 Å². The van der Waals surface area contributed by atoms with Crippen molar-refractivity contribution in [3.63, 3.8) is 0 Å². The molecule has 3 aromatic rings. The number of hydrogen-bond donors (Lipinski definition) is 0. The molecule has 0 saturated carbocycles. The van der Waals surface area contributed by atoms with E-state index >= 15 is 0 Å². The quantitative estimate of drug-likeness (QED) is 0.376.